The van der Waals surface area contributed by atoms with E-state index < -0.39 is 5.97 Å². The zero-order valence-electron chi connectivity index (χ0n) is 4.66. The van der Waals surface area contributed by atoms with Crippen molar-refractivity contribution in [1.29, 1.82) is 0 Å². The Bertz CT molecular complexity index is 69.0. The molecule has 44 valence electrons. The molecule has 0 unspecified atom stereocenters. The monoisotopic (exact) mass is 112 g/mol. The molecule has 2 nitrogen and oxygen atoms in total. The van der Waals surface area contributed by atoms with Gasteiger partial charge >= 0.3 is 0 Å². The van der Waals surface area contributed by atoms with Crippen molar-refractivity contribution in [2.75, 3.05) is 0 Å². The zero-order chi connectivity index (χ0) is 7.58. The van der Waals surface area contributed by atoms with Crippen molar-refractivity contribution in [2.45, 2.75) is 6.92 Å². The highest BCUT2D eigenvalue weighted by Crippen LogP contribution is 1.42. The molecule has 8 heavy (non-hydrogen) atoms. The van der Waals surface area contributed by atoms with E-state index in [1.165, 1.54) is 0 Å². The van der Waals surface area contributed by atoms with Crippen molar-refractivity contribution >= 4 is 5.97 Å². The van der Waals surface area contributed by atoms with Gasteiger partial charge in [0.2, 0.25) is 0 Å². The number of hydrogen-bond acceptors (Lipinski definition) is 1. The van der Waals surface area contributed by atoms with Gasteiger partial charge in [0.25, 0.3) is 5.97 Å². The van der Waals surface area contributed by atoms with Gasteiger partial charge in [-0.15, -0.1) is 25.7 Å². The largest absolute Gasteiger partial charge is 0.481 e. The molecule has 0 atom stereocenters. The van der Waals surface area contributed by atoms with Crippen LogP contribution < -0.4 is 0 Å². The van der Waals surface area contributed by atoms with Crippen LogP contribution in [-0.2, 0) is 4.79 Å². The van der Waals surface area contributed by atoms with Crippen LogP contribution in [0.4, 0.5) is 0 Å². The molecule has 0 radical (unpaired) electrons. The summed E-state index contributed by atoms with van der Waals surface area (Å²) in [5, 5.41) is 7.42. The molecular formula is C6H8O2. The highest BCUT2D eigenvalue weighted by molar-refractivity contribution is 5.62. The summed E-state index contributed by atoms with van der Waals surface area (Å²) in [4.78, 5) is 9.00. The molecule has 0 saturated carbocycles. The van der Waals surface area contributed by atoms with E-state index in [9.17, 15) is 0 Å². The lowest BCUT2D eigenvalue weighted by Gasteiger charge is -1.59. The van der Waals surface area contributed by atoms with Gasteiger partial charge in [0, 0.05) is 6.92 Å². The third-order valence-corrected chi connectivity index (χ3v) is 0. The lowest BCUT2D eigenvalue weighted by atomic mass is 10.9. The fourth-order valence-corrected chi connectivity index (χ4v) is 0. The Morgan fingerprint density at radius 3 is 1.25 bits per heavy atom. The van der Waals surface area contributed by atoms with Crippen molar-refractivity contribution in [3.05, 3.63) is 0 Å². The zero-order valence-corrected chi connectivity index (χ0v) is 4.66. The second-order valence-electron chi connectivity index (χ2n) is 0.519. The van der Waals surface area contributed by atoms with Crippen molar-refractivity contribution in [2.24, 2.45) is 0 Å². The second kappa shape index (κ2) is 46.6. The SMILES string of the molecule is C#C.C#C.CC(=O)O. The van der Waals surface area contributed by atoms with Gasteiger partial charge in [-0.25, -0.2) is 0 Å². The van der Waals surface area contributed by atoms with Gasteiger partial charge < -0.3 is 5.11 Å². The highest BCUT2D eigenvalue weighted by Gasteiger charge is 1.65. The van der Waals surface area contributed by atoms with Crippen molar-refractivity contribution in [3.63, 3.8) is 0 Å². The Balaban J connectivity index is -0.0000000542. The molecule has 0 aromatic carbocycles. The van der Waals surface area contributed by atoms with Crippen LogP contribution in [0.15, 0.2) is 0 Å². The van der Waals surface area contributed by atoms with Crippen LogP contribution in [0, 0.1) is 25.7 Å². The molecular weight excluding hydrogens is 104 g/mol. The molecule has 0 heterocycles. The van der Waals surface area contributed by atoms with Gasteiger partial charge in [0.1, 0.15) is 0 Å². The van der Waals surface area contributed by atoms with Crippen LogP contribution in [0.25, 0.3) is 0 Å². The third kappa shape index (κ3) is 29.8. The van der Waals surface area contributed by atoms with Crippen LogP contribution >= 0.6 is 0 Å². The van der Waals surface area contributed by atoms with Crippen LogP contribution in [0.5, 0.6) is 0 Å². The molecule has 0 rings (SSSR count). The Morgan fingerprint density at radius 1 is 1.25 bits per heavy atom. The smallest absolute Gasteiger partial charge is 0.300 e. The summed E-state index contributed by atoms with van der Waals surface area (Å²) in [6, 6.07) is 0. The molecule has 0 fully saturated rings. The lowest BCUT2D eigenvalue weighted by molar-refractivity contribution is -0.134. The number of aliphatic carboxylic acids is 1. The molecule has 0 saturated heterocycles. The Morgan fingerprint density at radius 2 is 1.25 bits per heavy atom. The molecule has 2 heteroatoms. The first-order valence-electron chi connectivity index (χ1n) is 1.59. The van der Waals surface area contributed by atoms with E-state index in [0.29, 0.717) is 0 Å². The second-order valence-corrected chi connectivity index (χ2v) is 0.519. The lowest BCUT2D eigenvalue weighted by Crippen LogP contribution is -1.78. The van der Waals surface area contributed by atoms with Crippen LogP contribution in [-0.4, -0.2) is 11.1 Å². The maximum atomic E-state index is 9.00. The standard InChI is InChI=1S/C2H4O2.2C2H2/c1-2(3)4;2*1-2/h1H3,(H,3,4);2*1-2H. The predicted molar refractivity (Wildman–Crippen MR) is 33.1 cm³/mol. The topological polar surface area (TPSA) is 37.3 Å². The molecule has 0 aromatic rings. The van der Waals surface area contributed by atoms with E-state index in [2.05, 4.69) is 25.7 Å². The number of terminal acetylenes is 2. The normalized spacial score (nSPS) is 3.62. The number of carboxylic acids is 1. The van der Waals surface area contributed by atoms with Gasteiger partial charge in [-0.3, -0.25) is 4.79 Å². The molecule has 0 bridgehead atoms. The molecule has 0 aliphatic heterocycles. The number of carboxylic acid groups (broad SMARTS) is 1. The summed E-state index contributed by atoms with van der Waals surface area (Å²) < 4.78 is 0. The number of carbonyl (C=O) groups is 1. The third-order valence-electron chi connectivity index (χ3n) is 0. The van der Waals surface area contributed by atoms with Gasteiger partial charge in [0.05, 0.1) is 0 Å². The molecule has 1 N–H and O–H groups in total. The summed E-state index contributed by atoms with van der Waals surface area (Å²) >= 11 is 0. The van der Waals surface area contributed by atoms with Gasteiger partial charge in [0.15, 0.2) is 0 Å². The van der Waals surface area contributed by atoms with E-state index >= 15 is 0 Å². The highest BCUT2D eigenvalue weighted by atomic mass is 16.4. The van der Waals surface area contributed by atoms with E-state index in [1.54, 1.807) is 0 Å². The van der Waals surface area contributed by atoms with E-state index in [4.69, 9.17) is 9.90 Å². The minimum absolute atomic E-state index is 0.833. The maximum absolute atomic E-state index is 9.00. The summed E-state index contributed by atoms with van der Waals surface area (Å²) in [6.45, 7) is 1.08. The quantitative estimate of drug-likeness (QED) is 0.465. The summed E-state index contributed by atoms with van der Waals surface area (Å²) in [5.41, 5.74) is 0. The first kappa shape index (κ1) is 16.0. The fraction of sp³-hybridized carbons (Fsp3) is 0.167. The van der Waals surface area contributed by atoms with Gasteiger partial charge in [-0.2, -0.15) is 0 Å². The maximum Gasteiger partial charge on any atom is 0.300 e. The molecule has 0 spiro atoms. The molecule has 0 aromatic heterocycles. The number of rotatable bonds is 0. The first-order chi connectivity index (χ1) is 3.73. The van der Waals surface area contributed by atoms with Crippen molar-refractivity contribution in [3.8, 4) is 25.7 Å². The van der Waals surface area contributed by atoms with Crippen molar-refractivity contribution in [1.82, 2.24) is 0 Å². The van der Waals surface area contributed by atoms with E-state index in [-0.39, 0.29) is 0 Å². The average Bonchev–Trinajstić information content (AvgIpc) is 1.75. The van der Waals surface area contributed by atoms with Crippen LogP contribution in [0.3, 0.4) is 0 Å². The first-order valence-corrected chi connectivity index (χ1v) is 1.59. The minimum Gasteiger partial charge on any atom is -0.481 e. The van der Waals surface area contributed by atoms with Crippen molar-refractivity contribution < 1.29 is 9.90 Å². The van der Waals surface area contributed by atoms with Crippen LogP contribution in [0.2, 0.25) is 0 Å². The Hall–Kier alpha value is -1.41. The fourth-order valence-electron chi connectivity index (χ4n) is 0. The van der Waals surface area contributed by atoms with Gasteiger partial charge in [-0.05, 0) is 0 Å². The minimum atomic E-state index is -0.833. The number of hydrogen-bond donors (Lipinski definition) is 1. The molecule has 0 aliphatic rings. The molecule has 0 aliphatic carbocycles. The van der Waals surface area contributed by atoms with E-state index in [0.717, 1.165) is 6.92 Å². The summed E-state index contributed by atoms with van der Waals surface area (Å²) in [6.07, 6.45) is 16.0. The van der Waals surface area contributed by atoms with Crippen LogP contribution in [0.1, 0.15) is 6.92 Å². The Kier molecular flexibility index (Phi) is 93.0. The molecule has 0 amide bonds. The van der Waals surface area contributed by atoms with Gasteiger partial charge in [-0.1, -0.05) is 0 Å². The van der Waals surface area contributed by atoms with E-state index in [1.807, 2.05) is 0 Å². The predicted octanol–water partition coefficient (Wildman–Crippen LogP) is 0.590. The summed E-state index contributed by atoms with van der Waals surface area (Å²) in [5.74, 6) is -0.833. The average molecular weight is 112 g/mol. The summed E-state index contributed by atoms with van der Waals surface area (Å²) in [7, 11) is 0. The Labute approximate surface area is 49.5 Å².